The Morgan fingerprint density at radius 2 is 1.58 bits per heavy atom. The third-order valence-corrected chi connectivity index (χ3v) is 4.61. The summed E-state index contributed by atoms with van der Waals surface area (Å²) in [4.78, 5) is 12.2. The molecule has 1 saturated carbocycles. The zero-order valence-corrected chi connectivity index (χ0v) is 14.3. The van der Waals surface area contributed by atoms with E-state index in [0.29, 0.717) is 0 Å². The number of esters is 1. The summed E-state index contributed by atoms with van der Waals surface area (Å²) in [6.45, 7) is 7.66. The second-order valence-corrected chi connectivity index (χ2v) is 7.04. The van der Waals surface area contributed by atoms with Crippen molar-refractivity contribution < 1.29 is 27.1 Å². The summed E-state index contributed by atoms with van der Waals surface area (Å²) in [5.74, 6) is -7.13. The van der Waals surface area contributed by atoms with E-state index in [2.05, 4.69) is 0 Å². The predicted octanol–water partition coefficient (Wildman–Crippen LogP) is 4.83. The van der Waals surface area contributed by atoms with Gasteiger partial charge in [-0.15, -0.1) is 0 Å². The molecule has 1 aromatic rings. The van der Waals surface area contributed by atoms with E-state index in [1.165, 1.54) is 0 Å². The number of carbonyl (C=O) groups excluding carboxylic acids is 1. The van der Waals surface area contributed by atoms with Crippen molar-refractivity contribution in [2.24, 2.45) is 17.3 Å². The van der Waals surface area contributed by atoms with Crippen LogP contribution in [0.5, 0.6) is 0 Å². The highest BCUT2D eigenvalue weighted by Gasteiger charge is 2.61. The van der Waals surface area contributed by atoms with Gasteiger partial charge in [0.15, 0.2) is 23.3 Å². The Morgan fingerprint density at radius 1 is 1.08 bits per heavy atom. The molecule has 0 radical (unpaired) electrons. The molecule has 2 atom stereocenters. The Bertz CT molecular complexity index is 689. The summed E-state index contributed by atoms with van der Waals surface area (Å²) in [5.41, 5.74) is -0.939. The monoisotopic (exact) mass is 344 g/mol. The lowest BCUT2D eigenvalue weighted by Crippen LogP contribution is -2.14. The van der Waals surface area contributed by atoms with Crippen molar-refractivity contribution in [2.45, 2.75) is 41.2 Å². The molecule has 2 nitrogen and oxygen atoms in total. The SMILES string of the molecule is CC(C)=C[C@@H]1[C@H](C(=O)OCc2c(F)c(F)c(C)c(F)c2F)C1(C)C. The number of hydrogen-bond acceptors (Lipinski definition) is 2. The van der Waals surface area contributed by atoms with Crippen LogP contribution in [-0.4, -0.2) is 5.97 Å². The first-order valence-corrected chi connectivity index (χ1v) is 7.63. The van der Waals surface area contributed by atoms with Gasteiger partial charge in [0.05, 0.1) is 11.5 Å². The largest absolute Gasteiger partial charge is 0.460 e. The summed E-state index contributed by atoms with van der Waals surface area (Å²) in [6, 6.07) is 0. The van der Waals surface area contributed by atoms with Crippen LogP contribution in [0.15, 0.2) is 11.6 Å². The number of benzene rings is 1. The van der Waals surface area contributed by atoms with Crippen LogP contribution >= 0.6 is 0 Å². The lowest BCUT2D eigenvalue weighted by Gasteiger charge is -2.10. The van der Waals surface area contributed by atoms with E-state index in [9.17, 15) is 22.4 Å². The number of halogens is 4. The zero-order chi connectivity index (χ0) is 18.4. The highest BCUT2D eigenvalue weighted by atomic mass is 19.2. The number of ether oxygens (including phenoxy) is 1. The van der Waals surface area contributed by atoms with Crippen LogP contribution < -0.4 is 0 Å². The van der Waals surface area contributed by atoms with Crippen molar-refractivity contribution in [1.29, 1.82) is 0 Å². The fourth-order valence-corrected chi connectivity index (χ4v) is 2.94. The van der Waals surface area contributed by atoms with Crippen molar-refractivity contribution in [3.8, 4) is 0 Å². The van der Waals surface area contributed by atoms with Crippen molar-refractivity contribution in [3.05, 3.63) is 46.0 Å². The van der Waals surface area contributed by atoms with Gasteiger partial charge >= 0.3 is 5.97 Å². The second kappa shape index (κ2) is 6.22. The van der Waals surface area contributed by atoms with Gasteiger partial charge in [0, 0.05) is 5.56 Å². The zero-order valence-electron chi connectivity index (χ0n) is 14.3. The van der Waals surface area contributed by atoms with Gasteiger partial charge in [0.25, 0.3) is 0 Å². The average molecular weight is 344 g/mol. The molecule has 132 valence electrons. The number of rotatable bonds is 4. The molecule has 1 aliphatic rings. The molecular formula is C18H20F4O2. The van der Waals surface area contributed by atoms with Crippen LogP contribution in [0.3, 0.4) is 0 Å². The van der Waals surface area contributed by atoms with Gasteiger partial charge in [-0.2, -0.15) is 0 Å². The third-order valence-electron chi connectivity index (χ3n) is 4.61. The highest BCUT2D eigenvalue weighted by Crippen LogP contribution is 2.59. The minimum Gasteiger partial charge on any atom is -0.460 e. The van der Waals surface area contributed by atoms with E-state index in [1.807, 2.05) is 33.8 Å². The summed E-state index contributed by atoms with van der Waals surface area (Å²) in [5, 5.41) is 0. The Morgan fingerprint density at radius 3 is 2.04 bits per heavy atom. The van der Waals surface area contributed by atoms with Crippen LogP contribution in [-0.2, 0) is 16.1 Å². The maximum atomic E-state index is 13.8. The number of allylic oxidation sites excluding steroid dienone is 2. The summed E-state index contributed by atoms with van der Waals surface area (Å²) < 4.78 is 59.6. The summed E-state index contributed by atoms with van der Waals surface area (Å²) >= 11 is 0. The Hall–Kier alpha value is -1.85. The molecule has 0 amide bonds. The first-order valence-electron chi connectivity index (χ1n) is 7.63. The topological polar surface area (TPSA) is 26.3 Å². The lowest BCUT2D eigenvalue weighted by molar-refractivity contribution is -0.147. The molecule has 2 rings (SSSR count). The van der Waals surface area contributed by atoms with Crippen molar-refractivity contribution >= 4 is 5.97 Å². The van der Waals surface area contributed by atoms with Crippen LogP contribution in [0.4, 0.5) is 17.6 Å². The van der Waals surface area contributed by atoms with Crippen molar-refractivity contribution in [1.82, 2.24) is 0 Å². The highest BCUT2D eigenvalue weighted by molar-refractivity contribution is 5.78. The predicted molar refractivity (Wildman–Crippen MR) is 81.0 cm³/mol. The molecule has 24 heavy (non-hydrogen) atoms. The molecule has 6 heteroatoms. The van der Waals surface area contributed by atoms with Gasteiger partial charge in [-0.3, -0.25) is 4.79 Å². The van der Waals surface area contributed by atoms with E-state index < -0.39 is 52.9 Å². The lowest BCUT2D eigenvalue weighted by atomic mass is 10.1. The Kier molecular flexibility index (Phi) is 4.79. The summed E-state index contributed by atoms with van der Waals surface area (Å²) in [6.07, 6.45) is 1.94. The van der Waals surface area contributed by atoms with E-state index >= 15 is 0 Å². The number of hydrogen-bond donors (Lipinski definition) is 0. The molecule has 0 bridgehead atoms. The number of carbonyl (C=O) groups is 1. The van der Waals surface area contributed by atoms with Crippen LogP contribution in [0.25, 0.3) is 0 Å². The average Bonchev–Trinajstić information content (AvgIpc) is 3.02. The molecule has 0 unspecified atom stereocenters. The minimum atomic E-state index is -1.53. The minimum absolute atomic E-state index is 0.0313. The van der Waals surface area contributed by atoms with Gasteiger partial charge in [-0.1, -0.05) is 25.5 Å². The van der Waals surface area contributed by atoms with Gasteiger partial charge in [-0.05, 0) is 32.1 Å². The van der Waals surface area contributed by atoms with Gasteiger partial charge < -0.3 is 4.74 Å². The molecule has 0 saturated heterocycles. The Labute approximate surface area is 138 Å². The van der Waals surface area contributed by atoms with E-state index in [-0.39, 0.29) is 11.3 Å². The maximum absolute atomic E-state index is 13.8. The maximum Gasteiger partial charge on any atom is 0.310 e. The normalized spacial score (nSPS) is 21.4. The molecule has 0 aliphatic heterocycles. The van der Waals surface area contributed by atoms with Crippen LogP contribution in [0.1, 0.15) is 38.8 Å². The van der Waals surface area contributed by atoms with E-state index in [1.54, 1.807) is 0 Å². The van der Waals surface area contributed by atoms with Crippen LogP contribution in [0.2, 0.25) is 0 Å². The summed E-state index contributed by atoms with van der Waals surface area (Å²) in [7, 11) is 0. The first kappa shape index (κ1) is 18.5. The molecule has 1 aromatic carbocycles. The van der Waals surface area contributed by atoms with E-state index in [0.717, 1.165) is 12.5 Å². The van der Waals surface area contributed by atoms with Crippen LogP contribution in [0, 0.1) is 47.4 Å². The molecule has 1 fully saturated rings. The van der Waals surface area contributed by atoms with E-state index in [4.69, 9.17) is 4.74 Å². The molecular weight excluding hydrogens is 324 g/mol. The van der Waals surface area contributed by atoms with Crippen molar-refractivity contribution in [2.75, 3.05) is 0 Å². The molecule has 1 aliphatic carbocycles. The third kappa shape index (κ3) is 3.06. The fourth-order valence-electron chi connectivity index (χ4n) is 2.94. The quantitative estimate of drug-likeness (QED) is 0.338. The standard InChI is InChI=1S/C18H20F4O2/c1-8(2)6-11-12(18(11,4)5)17(23)24-7-10-15(21)13(19)9(3)14(20)16(10)22/h6,11-12H,7H2,1-5H3/t11-,12-/m1/s1. The van der Waals surface area contributed by atoms with Gasteiger partial charge in [0.1, 0.15) is 6.61 Å². The van der Waals surface area contributed by atoms with Crippen molar-refractivity contribution in [3.63, 3.8) is 0 Å². The second-order valence-electron chi connectivity index (χ2n) is 7.04. The molecule has 0 aromatic heterocycles. The smallest absolute Gasteiger partial charge is 0.310 e. The first-order chi connectivity index (χ1) is 11.0. The molecule has 0 heterocycles. The molecule has 0 spiro atoms. The fraction of sp³-hybridized carbons (Fsp3) is 0.500. The van der Waals surface area contributed by atoms with Gasteiger partial charge in [0.2, 0.25) is 0 Å². The molecule has 0 N–H and O–H groups in total. The van der Waals surface area contributed by atoms with Gasteiger partial charge in [-0.25, -0.2) is 17.6 Å². The Balaban J connectivity index is 2.16.